The molecule has 0 atom stereocenters. The summed E-state index contributed by atoms with van der Waals surface area (Å²) in [6.07, 6.45) is 1.88. The summed E-state index contributed by atoms with van der Waals surface area (Å²) in [7, 11) is 0. The molecule has 1 aromatic heterocycles. The first-order valence-electron chi connectivity index (χ1n) is 5.64. The summed E-state index contributed by atoms with van der Waals surface area (Å²) in [6, 6.07) is 9.54. The Hall–Kier alpha value is -2.03. The largest absolute Gasteiger partial charge is 0.462 e. The van der Waals surface area contributed by atoms with Crippen LogP contribution in [0, 0.1) is 6.92 Å². The Labute approximate surface area is 100 Å². The number of aryl methyl sites for hydroxylation is 1. The van der Waals surface area contributed by atoms with Crippen molar-refractivity contribution in [2.24, 2.45) is 0 Å². The molecule has 1 aromatic carbocycles. The predicted octanol–water partition coefficient (Wildman–Crippen LogP) is 3.17. The molecule has 88 valence electrons. The lowest BCUT2D eigenvalue weighted by atomic mass is 10.0. The molecule has 0 unspecified atom stereocenters. The Morgan fingerprint density at radius 1 is 1.35 bits per heavy atom. The van der Waals surface area contributed by atoms with Crippen LogP contribution in [0.4, 0.5) is 0 Å². The SMILES string of the molecule is CCOC(=O)c1ccc(-c2ccc[nH]2)c(C)c1. The third-order valence-corrected chi connectivity index (χ3v) is 2.63. The molecular formula is C14H15NO2. The van der Waals surface area contributed by atoms with Gasteiger partial charge in [0.05, 0.1) is 12.2 Å². The number of aromatic amines is 1. The van der Waals surface area contributed by atoms with E-state index in [0.29, 0.717) is 12.2 Å². The Morgan fingerprint density at radius 3 is 2.76 bits per heavy atom. The number of carbonyl (C=O) groups excluding carboxylic acids is 1. The molecule has 17 heavy (non-hydrogen) atoms. The number of rotatable bonds is 3. The Morgan fingerprint density at radius 2 is 2.18 bits per heavy atom. The van der Waals surface area contributed by atoms with Gasteiger partial charge in [0.15, 0.2) is 0 Å². The number of nitrogens with one attached hydrogen (secondary N) is 1. The van der Waals surface area contributed by atoms with Gasteiger partial charge >= 0.3 is 5.97 Å². The van der Waals surface area contributed by atoms with Crippen LogP contribution in [0.5, 0.6) is 0 Å². The molecular weight excluding hydrogens is 214 g/mol. The molecule has 0 aliphatic carbocycles. The number of esters is 1. The molecule has 3 heteroatoms. The quantitative estimate of drug-likeness (QED) is 0.821. The van der Waals surface area contributed by atoms with E-state index in [4.69, 9.17) is 4.74 Å². The minimum absolute atomic E-state index is 0.270. The minimum atomic E-state index is -0.270. The van der Waals surface area contributed by atoms with Crippen molar-refractivity contribution in [3.8, 4) is 11.3 Å². The zero-order valence-electron chi connectivity index (χ0n) is 9.99. The molecule has 2 rings (SSSR count). The molecule has 0 spiro atoms. The number of ether oxygens (including phenoxy) is 1. The monoisotopic (exact) mass is 229 g/mol. The summed E-state index contributed by atoms with van der Waals surface area (Å²) in [6.45, 7) is 4.19. The maximum Gasteiger partial charge on any atom is 0.338 e. The maximum atomic E-state index is 11.6. The molecule has 0 aliphatic rings. The van der Waals surface area contributed by atoms with Gasteiger partial charge in [-0.05, 0) is 43.7 Å². The number of hydrogen-bond donors (Lipinski definition) is 1. The van der Waals surface area contributed by atoms with Gasteiger partial charge in [-0.3, -0.25) is 0 Å². The topological polar surface area (TPSA) is 42.1 Å². The van der Waals surface area contributed by atoms with Gasteiger partial charge in [0.1, 0.15) is 0 Å². The molecule has 0 bridgehead atoms. The van der Waals surface area contributed by atoms with Crippen molar-refractivity contribution in [2.75, 3.05) is 6.61 Å². The fourth-order valence-corrected chi connectivity index (χ4v) is 1.81. The zero-order valence-corrected chi connectivity index (χ0v) is 9.99. The molecule has 0 saturated carbocycles. The zero-order chi connectivity index (χ0) is 12.3. The second-order valence-corrected chi connectivity index (χ2v) is 3.83. The Balaban J connectivity index is 2.32. The van der Waals surface area contributed by atoms with Gasteiger partial charge in [-0.15, -0.1) is 0 Å². The van der Waals surface area contributed by atoms with Crippen LogP contribution in [0.25, 0.3) is 11.3 Å². The van der Waals surface area contributed by atoms with Crippen LogP contribution in [-0.4, -0.2) is 17.6 Å². The lowest BCUT2D eigenvalue weighted by Gasteiger charge is -2.07. The minimum Gasteiger partial charge on any atom is -0.462 e. The van der Waals surface area contributed by atoms with Gasteiger partial charge in [-0.2, -0.15) is 0 Å². The fourth-order valence-electron chi connectivity index (χ4n) is 1.81. The Bertz CT molecular complexity index is 515. The van der Waals surface area contributed by atoms with E-state index in [1.165, 1.54) is 0 Å². The molecule has 1 N–H and O–H groups in total. The van der Waals surface area contributed by atoms with E-state index >= 15 is 0 Å². The summed E-state index contributed by atoms with van der Waals surface area (Å²) in [5.74, 6) is -0.270. The van der Waals surface area contributed by atoms with Gasteiger partial charge in [0, 0.05) is 17.5 Å². The molecule has 3 nitrogen and oxygen atoms in total. The van der Waals surface area contributed by atoms with E-state index in [1.807, 2.05) is 37.4 Å². The third-order valence-electron chi connectivity index (χ3n) is 2.63. The van der Waals surface area contributed by atoms with Crippen LogP contribution in [-0.2, 0) is 4.74 Å². The van der Waals surface area contributed by atoms with E-state index in [1.54, 1.807) is 13.0 Å². The van der Waals surface area contributed by atoms with Crippen LogP contribution in [0.2, 0.25) is 0 Å². The lowest BCUT2D eigenvalue weighted by Crippen LogP contribution is -2.04. The normalized spacial score (nSPS) is 10.2. The molecule has 0 aliphatic heterocycles. The Kier molecular flexibility index (Phi) is 3.28. The fraction of sp³-hybridized carbons (Fsp3) is 0.214. The van der Waals surface area contributed by atoms with Crippen LogP contribution in [0.15, 0.2) is 36.5 Å². The highest BCUT2D eigenvalue weighted by molar-refractivity contribution is 5.90. The summed E-state index contributed by atoms with van der Waals surface area (Å²) in [5.41, 5.74) is 3.80. The van der Waals surface area contributed by atoms with E-state index in [0.717, 1.165) is 16.8 Å². The number of benzene rings is 1. The first-order chi connectivity index (χ1) is 8.22. The molecule has 1 heterocycles. The van der Waals surface area contributed by atoms with Crippen molar-refractivity contribution in [1.82, 2.24) is 4.98 Å². The van der Waals surface area contributed by atoms with E-state index in [2.05, 4.69) is 4.98 Å². The summed E-state index contributed by atoms with van der Waals surface area (Å²) >= 11 is 0. The van der Waals surface area contributed by atoms with Gasteiger partial charge < -0.3 is 9.72 Å². The van der Waals surface area contributed by atoms with Gasteiger partial charge in [0.2, 0.25) is 0 Å². The standard InChI is InChI=1S/C14H15NO2/c1-3-17-14(16)11-6-7-12(10(2)9-11)13-5-4-8-15-13/h4-9,15H,3H2,1-2H3. The van der Waals surface area contributed by atoms with Crippen LogP contribution in [0.3, 0.4) is 0 Å². The van der Waals surface area contributed by atoms with Crippen LogP contribution < -0.4 is 0 Å². The van der Waals surface area contributed by atoms with Gasteiger partial charge in [0.25, 0.3) is 0 Å². The molecule has 0 radical (unpaired) electrons. The average Bonchev–Trinajstić information content (AvgIpc) is 2.82. The van der Waals surface area contributed by atoms with Crippen molar-refractivity contribution in [3.63, 3.8) is 0 Å². The average molecular weight is 229 g/mol. The van der Waals surface area contributed by atoms with E-state index in [9.17, 15) is 4.79 Å². The second-order valence-electron chi connectivity index (χ2n) is 3.83. The molecule has 0 fully saturated rings. The lowest BCUT2D eigenvalue weighted by molar-refractivity contribution is 0.0526. The van der Waals surface area contributed by atoms with Crippen molar-refractivity contribution < 1.29 is 9.53 Å². The first kappa shape index (κ1) is 11.5. The number of H-pyrrole nitrogens is 1. The van der Waals surface area contributed by atoms with Crippen LogP contribution in [0.1, 0.15) is 22.8 Å². The summed E-state index contributed by atoms with van der Waals surface area (Å²) in [4.78, 5) is 14.7. The molecule has 0 amide bonds. The second kappa shape index (κ2) is 4.87. The maximum absolute atomic E-state index is 11.6. The smallest absolute Gasteiger partial charge is 0.338 e. The van der Waals surface area contributed by atoms with Gasteiger partial charge in [-0.1, -0.05) is 6.07 Å². The predicted molar refractivity (Wildman–Crippen MR) is 66.9 cm³/mol. The highest BCUT2D eigenvalue weighted by atomic mass is 16.5. The number of hydrogen-bond acceptors (Lipinski definition) is 2. The highest BCUT2D eigenvalue weighted by Gasteiger charge is 2.09. The number of aromatic nitrogens is 1. The van der Waals surface area contributed by atoms with Gasteiger partial charge in [-0.25, -0.2) is 4.79 Å². The van der Waals surface area contributed by atoms with Crippen molar-refractivity contribution in [1.29, 1.82) is 0 Å². The first-order valence-corrected chi connectivity index (χ1v) is 5.64. The van der Waals surface area contributed by atoms with E-state index in [-0.39, 0.29) is 5.97 Å². The van der Waals surface area contributed by atoms with Crippen molar-refractivity contribution in [2.45, 2.75) is 13.8 Å². The highest BCUT2D eigenvalue weighted by Crippen LogP contribution is 2.22. The van der Waals surface area contributed by atoms with Crippen molar-refractivity contribution in [3.05, 3.63) is 47.7 Å². The number of carbonyl (C=O) groups is 1. The van der Waals surface area contributed by atoms with E-state index < -0.39 is 0 Å². The van der Waals surface area contributed by atoms with Crippen LogP contribution >= 0.6 is 0 Å². The molecule has 0 saturated heterocycles. The van der Waals surface area contributed by atoms with Crippen molar-refractivity contribution >= 4 is 5.97 Å². The summed E-state index contributed by atoms with van der Waals surface area (Å²) < 4.78 is 4.97. The third kappa shape index (κ3) is 2.38. The summed E-state index contributed by atoms with van der Waals surface area (Å²) in [5, 5.41) is 0. The molecule has 2 aromatic rings.